The maximum atomic E-state index is 10.8. The van der Waals surface area contributed by atoms with Gasteiger partial charge in [0.1, 0.15) is 0 Å². The lowest BCUT2D eigenvalue weighted by atomic mass is 10.3. The maximum Gasteiger partial charge on any atom is 0.306 e. The molecular formula is C8H15ClO3. The van der Waals surface area contributed by atoms with Crippen LogP contribution in [0.5, 0.6) is 0 Å². The Morgan fingerprint density at radius 3 is 2.75 bits per heavy atom. The molecule has 3 nitrogen and oxygen atoms in total. The number of halogens is 1. The fraction of sp³-hybridized carbons (Fsp3) is 0.875. The van der Waals surface area contributed by atoms with E-state index in [0.29, 0.717) is 12.5 Å². The molecular weight excluding hydrogens is 180 g/mol. The van der Waals surface area contributed by atoms with Crippen LogP contribution in [0.15, 0.2) is 0 Å². The van der Waals surface area contributed by atoms with Crippen LogP contribution in [0.4, 0.5) is 0 Å². The summed E-state index contributed by atoms with van der Waals surface area (Å²) in [7, 11) is 1.63. The number of alkyl halides is 1. The minimum absolute atomic E-state index is 0.133. The summed E-state index contributed by atoms with van der Waals surface area (Å²) < 4.78 is 9.83. The second-order valence-corrected chi connectivity index (χ2v) is 2.87. The highest BCUT2D eigenvalue weighted by Crippen LogP contribution is 1.97. The summed E-state index contributed by atoms with van der Waals surface area (Å²) in [6.07, 6.45) is 1.14. The first-order chi connectivity index (χ1) is 5.70. The minimum Gasteiger partial charge on any atom is -0.466 e. The van der Waals surface area contributed by atoms with Crippen molar-refractivity contribution >= 4 is 17.6 Å². The summed E-state index contributed by atoms with van der Waals surface area (Å²) >= 11 is 5.34. The van der Waals surface area contributed by atoms with Crippen LogP contribution in [0.3, 0.4) is 0 Å². The Morgan fingerprint density at radius 2 is 2.25 bits per heavy atom. The Morgan fingerprint density at radius 1 is 1.58 bits per heavy atom. The van der Waals surface area contributed by atoms with Crippen LogP contribution in [0.1, 0.15) is 19.8 Å². The van der Waals surface area contributed by atoms with Gasteiger partial charge in [-0.25, -0.2) is 0 Å². The molecule has 4 heteroatoms. The molecule has 0 fully saturated rings. The summed E-state index contributed by atoms with van der Waals surface area (Å²) in [6, 6.07) is 0. The highest BCUT2D eigenvalue weighted by Gasteiger charge is 2.03. The zero-order valence-electron chi connectivity index (χ0n) is 7.51. The van der Waals surface area contributed by atoms with E-state index in [2.05, 4.69) is 0 Å². The van der Waals surface area contributed by atoms with E-state index in [1.54, 1.807) is 7.11 Å². The second-order valence-electron chi connectivity index (χ2n) is 2.49. The number of rotatable bonds is 6. The molecule has 0 aromatic rings. The molecule has 0 aromatic carbocycles. The number of methoxy groups -OCH3 is 1. The summed E-state index contributed by atoms with van der Waals surface area (Å²) in [4.78, 5) is 10.8. The molecule has 72 valence electrons. The third-order valence-electron chi connectivity index (χ3n) is 1.49. The predicted octanol–water partition coefficient (Wildman–Crippen LogP) is 1.58. The first kappa shape index (κ1) is 11.7. The van der Waals surface area contributed by atoms with E-state index >= 15 is 0 Å². The van der Waals surface area contributed by atoms with Crippen molar-refractivity contribution < 1.29 is 14.3 Å². The van der Waals surface area contributed by atoms with Gasteiger partial charge in [-0.15, -0.1) is 11.6 Å². The van der Waals surface area contributed by atoms with Gasteiger partial charge in [-0.3, -0.25) is 4.79 Å². The molecule has 0 amide bonds. The number of ether oxygens (including phenoxy) is 2. The van der Waals surface area contributed by atoms with Gasteiger partial charge >= 0.3 is 5.97 Å². The van der Waals surface area contributed by atoms with Crippen molar-refractivity contribution in [1.82, 2.24) is 0 Å². The summed E-state index contributed by atoms with van der Waals surface area (Å²) in [5, 5.41) is 0. The van der Waals surface area contributed by atoms with Crippen molar-refractivity contribution in [1.29, 1.82) is 0 Å². The number of hydrogen-bond donors (Lipinski definition) is 0. The van der Waals surface area contributed by atoms with E-state index in [9.17, 15) is 4.79 Å². The van der Waals surface area contributed by atoms with Crippen LogP contribution < -0.4 is 0 Å². The zero-order valence-corrected chi connectivity index (χ0v) is 8.26. The standard InChI is InChI=1S/C8H15ClO3/c1-7(11-2)4-6-12-8(10)3-5-9/h7H,3-6H2,1-2H3/t7-/m0/s1. The average molecular weight is 195 g/mol. The molecule has 0 saturated carbocycles. The van der Waals surface area contributed by atoms with E-state index in [4.69, 9.17) is 21.1 Å². The molecule has 0 unspecified atom stereocenters. The van der Waals surface area contributed by atoms with Crippen LogP contribution in [0.2, 0.25) is 0 Å². The van der Waals surface area contributed by atoms with E-state index in [1.165, 1.54) is 0 Å². The number of carbonyl (C=O) groups is 1. The first-order valence-electron chi connectivity index (χ1n) is 3.95. The van der Waals surface area contributed by atoms with Gasteiger partial charge in [0.2, 0.25) is 0 Å². The predicted molar refractivity (Wildman–Crippen MR) is 47.4 cm³/mol. The van der Waals surface area contributed by atoms with E-state index in [-0.39, 0.29) is 18.5 Å². The Labute approximate surface area is 78.0 Å². The summed E-state index contributed by atoms with van der Waals surface area (Å²) in [6.45, 7) is 2.33. The molecule has 0 aliphatic carbocycles. The van der Waals surface area contributed by atoms with Crippen LogP contribution in [0, 0.1) is 0 Å². The zero-order chi connectivity index (χ0) is 9.40. The molecule has 12 heavy (non-hydrogen) atoms. The van der Waals surface area contributed by atoms with Gasteiger partial charge in [-0.1, -0.05) is 0 Å². The fourth-order valence-electron chi connectivity index (χ4n) is 0.606. The SMILES string of the molecule is CO[C@@H](C)CCOC(=O)CCCl. The normalized spacial score (nSPS) is 12.6. The summed E-state index contributed by atoms with van der Waals surface area (Å²) in [5.41, 5.74) is 0. The first-order valence-corrected chi connectivity index (χ1v) is 4.48. The molecule has 0 aromatic heterocycles. The number of carbonyl (C=O) groups excluding carboxylic acids is 1. The smallest absolute Gasteiger partial charge is 0.306 e. The molecule has 0 rings (SSSR count). The molecule has 0 N–H and O–H groups in total. The van der Waals surface area contributed by atoms with Crippen LogP contribution in [-0.4, -0.2) is 31.7 Å². The van der Waals surface area contributed by atoms with Gasteiger partial charge in [0.05, 0.1) is 19.1 Å². The van der Waals surface area contributed by atoms with E-state index in [1.807, 2.05) is 6.92 Å². The Balaban J connectivity index is 3.24. The van der Waals surface area contributed by atoms with Crippen molar-refractivity contribution in [2.24, 2.45) is 0 Å². The lowest BCUT2D eigenvalue weighted by Gasteiger charge is -2.08. The molecule has 0 saturated heterocycles. The Bertz CT molecular complexity index is 127. The lowest BCUT2D eigenvalue weighted by Crippen LogP contribution is -2.12. The van der Waals surface area contributed by atoms with Crippen molar-refractivity contribution in [2.45, 2.75) is 25.9 Å². The van der Waals surface area contributed by atoms with Crippen LogP contribution in [-0.2, 0) is 14.3 Å². The van der Waals surface area contributed by atoms with Crippen LogP contribution >= 0.6 is 11.6 Å². The molecule has 0 heterocycles. The third-order valence-corrected chi connectivity index (χ3v) is 1.68. The van der Waals surface area contributed by atoms with Gasteiger partial charge in [-0.05, 0) is 6.92 Å². The van der Waals surface area contributed by atoms with Gasteiger partial charge in [-0.2, -0.15) is 0 Å². The highest BCUT2D eigenvalue weighted by molar-refractivity contribution is 6.18. The second kappa shape index (κ2) is 7.37. The monoisotopic (exact) mass is 194 g/mol. The molecule has 1 atom stereocenters. The fourth-order valence-corrected chi connectivity index (χ4v) is 0.760. The van der Waals surface area contributed by atoms with E-state index < -0.39 is 0 Å². The quantitative estimate of drug-likeness (QED) is 0.476. The van der Waals surface area contributed by atoms with Crippen molar-refractivity contribution in [2.75, 3.05) is 19.6 Å². The molecule has 0 bridgehead atoms. The third kappa shape index (κ3) is 6.43. The topological polar surface area (TPSA) is 35.5 Å². The van der Waals surface area contributed by atoms with Crippen molar-refractivity contribution in [3.63, 3.8) is 0 Å². The molecule has 0 spiro atoms. The number of hydrogen-bond acceptors (Lipinski definition) is 3. The van der Waals surface area contributed by atoms with E-state index in [0.717, 1.165) is 6.42 Å². The Hall–Kier alpha value is -0.280. The molecule has 0 radical (unpaired) electrons. The van der Waals surface area contributed by atoms with Gasteiger partial charge in [0, 0.05) is 19.4 Å². The highest BCUT2D eigenvalue weighted by atomic mass is 35.5. The largest absolute Gasteiger partial charge is 0.466 e. The van der Waals surface area contributed by atoms with Crippen LogP contribution in [0.25, 0.3) is 0 Å². The maximum absolute atomic E-state index is 10.8. The van der Waals surface area contributed by atoms with Gasteiger partial charge < -0.3 is 9.47 Å². The average Bonchev–Trinajstić information content (AvgIpc) is 2.04. The molecule has 0 aliphatic rings. The van der Waals surface area contributed by atoms with Gasteiger partial charge in [0.25, 0.3) is 0 Å². The van der Waals surface area contributed by atoms with Gasteiger partial charge in [0.15, 0.2) is 0 Å². The van der Waals surface area contributed by atoms with Crippen molar-refractivity contribution in [3.8, 4) is 0 Å². The minimum atomic E-state index is -0.242. The lowest BCUT2D eigenvalue weighted by molar-refractivity contribution is -0.143. The number of esters is 1. The van der Waals surface area contributed by atoms with Crippen molar-refractivity contribution in [3.05, 3.63) is 0 Å². The Kier molecular flexibility index (Phi) is 7.20. The molecule has 0 aliphatic heterocycles. The summed E-state index contributed by atoms with van der Waals surface area (Å²) in [5.74, 6) is 0.0758.